The first-order valence-electron chi connectivity index (χ1n) is 13.9. The monoisotopic (exact) mass is 572 g/mol. The summed E-state index contributed by atoms with van der Waals surface area (Å²) < 4.78 is 8.14. The molecule has 38 heavy (non-hydrogen) atoms. The van der Waals surface area contributed by atoms with Crippen molar-refractivity contribution in [3.05, 3.63) is 130 Å². The molecule has 0 saturated heterocycles. The van der Waals surface area contributed by atoms with Gasteiger partial charge in [-0.3, -0.25) is 0 Å². The minimum absolute atomic E-state index is 0.486. The molecule has 0 heterocycles. The Labute approximate surface area is 229 Å². The van der Waals surface area contributed by atoms with E-state index in [1.807, 2.05) is 0 Å². The van der Waals surface area contributed by atoms with Crippen LogP contribution in [-0.4, -0.2) is 3.21 Å². The van der Waals surface area contributed by atoms with Gasteiger partial charge in [0, 0.05) is 0 Å². The third-order valence-corrected chi connectivity index (χ3v) is 30.3. The Morgan fingerprint density at radius 1 is 0.526 bits per heavy atom. The molecule has 0 nitrogen and oxygen atoms in total. The van der Waals surface area contributed by atoms with Crippen LogP contribution in [0, 0.1) is 0 Å². The van der Waals surface area contributed by atoms with Gasteiger partial charge in [0.25, 0.3) is 0 Å². The summed E-state index contributed by atoms with van der Waals surface area (Å²) in [6.45, 7) is 9.70. The summed E-state index contributed by atoms with van der Waals surface area (Å²) in [7, 11) is 0. The molecule has 0 spiro atoms. The fourth-order valence-corrected chi connectivity index (χ4v) is 24.8. The predicted octanol–water partition coefficient (Wildman–Crippen LogP) is 10.6. The van der Waals surface area contributed by atoms with E-state index in [0.717, 1.165) is 0 Å². The summed E-state index contributed by atoms with van der Waals surface area (Å²) in [6, 6.07) is 35.9. The molecule has 2 unspecified atom stereocenters. The Morgan fingerprint density at radius 2 is 0.921 bits per heavy atom. The zero-order valence-electron chi connectivity index (χ0n) is 23.5. The number of fused-ring (bicyclic) bond motifs is 2. The number of allylic oxidation sites excluding steroid dienone is 2. The van der Waals surface area contributed by atoms with Crippen LogP contribution >= 0.6 is 0 Å². The Morgan fingerprint density at radius 3 is 1.29 bits per heavy atom. The summed E-state index contributed by atoms with van der Waals surface area (Å²) in [4.78, 5) is 0. The fourth-order valence-electron chi connectivity index (χ4n) is 7.95. The maximum absolute atomic E-state index is 3.80. The van der Waals surface area contributed by atoms with E-state index >= 15 is 0 Å². The molecule has 1 heteroatoms. The molecule has 0 amide bonds. The molecule has 0 bridgehead atoms. The minimum atomic E-state index is -3.80. The van der Waals surface area contributed by atoms with Gasteiger partial charge in [0.05, 0.1) is 0 Å². The van der Waals surface area contributed by atoms with E-state index in [0.29, 0.717) is 7.25 Å². The molecule has 0 radical (unpaired) electrons. The van der Waals surface area contributed by atoms with Crippen molar-refractivity contribution in [1.82, 2.24) is 0 Å². The van der Waals surface area contributed by atoms with Crippen LogP contribution < -0.4 is 0 Å². The molecule has 4 aromatic carbocycles. The van der Waals surface area contributed by atoms with Crippen LogP contribution in [-0.2, 0) is 18.3 Å². The van der Waals surface area contributed by atoms with Crippen molar-refractivity contribution in [2.75, 3.05) is 0 Å². The van der Waals surface area contributed by atoms with Crippen LogP contribution in [0.2, 0.25) is 9.26 Å². The summed E-state index contributed by atoms with van der Waals surface area (Å²) in [6.07, 6.45) is 5.03. The molecule has 4 aromatic rings. The van der Waals surface area contributed by atoms with E-state index in [9.17, 15) is 0 Å². The quantitative estimate of drug-likeness (QED) is 0.228. The molecule has 0 N–H and O–H groups in total. The first-order valence-corrected chi connectivity index (χ1v) is 22.9. The fraction of sp³-hybridized carbons (Fsp3) is 0.216. The Bertz CT molecular complexity index is 1570. The van der Waals surface area contributed by atoms with Crippen molar-refractivity contribution in [1.29, 1.82) is 0 Å². The molecular formula is C37H38Zr. The number of rotatable bonds is 4. The van der Waals surface area contributed by atoms with Crippen LogP contribution in [0.5, 0.6) is 0 Å². The molecule has 190 valence electrons. The number of hydrogen-bond donors (Lipinski definition) is 0. The van der Waals surface area contributed by atoms with E-state index in [1.54, 1.807) is 25.5 Å². The van der Waals surface area contributed by atoms with Gasteiger partial charge in [-0.1, -0.05) is 0 Å². The first-order chi connectivity index (χ1) is 18.2. The van der Waals surface area contributed by atoms with Gasteiger partial charge in [0.15, 0.2) is 0 Å². The second-order valence-electron chi connectivity index (χ2n) is 12.6. The van der Waals surface area contributed by atoms with Crippen LogP contribution in [0.25, 0.3) is 34.4 Å². The average molecular weight is 574 g/mol. The van der Waals surface area contributed by atoms with Gasteiger partial charge in [-0.25, -0.2) is 0 Å². The predicted molar refractivity (Wildman–Crippen MR) is 165 cm³/mol. The van der Waals surface area contributed by atoms with Crippen molar-refractivity contribution >= 4 is 15.4 Å². The average Bonchev–Trinajstić information content (AvgIpc) is 3.46. The SMILES string of the molecule is CC1=Cc2c(-c3ccccc3)cccc2[CH]1[Zr]([CH3])([CH3])(=[C](C)C)[CH]1C(C)=Cc2c(-c3ccccc3)cccc21. The van der Waals surface area contributed by atoms with Crippen molar-refractivity contribution in [2.45, 2.75) is 44.2 Å². The zero-order chi connectivity index (χ0) is 26.7. The maximum atomic E-state index is 2.75. The third kappa shape index (κ3) is 3.62. The van der Waals surface area contributed by atoms with Gasteiger partial charge < -0.3 is 0 Å². The second kappa shape index (κ2) is 9.10. The van der Waals surface area contributed by atoms with Gasteiger partial charge >= 0.3 is 231 Å². The van der Waals surface area contributed by atoms with E-state index in [2.05, 4.69) is 146 Å². The summed E-state index contributed by atoms with van der Waals surface area (Å²) in [5.41, 5.74) is 14.4. The normalized spacial score (nSPS) is 18.5. The molecule has 0 aromatic heterocycles. The zero-order valence-corrected chi connectivity index (χ0v) is 26.0. The van der Waals surface area contributed by atoms with Crippen LogP contribution in [0.15, 0.2) is 108 Å². The number of benzene rings is 4. The standard InChI is InChI=1S/2C16H13.C3H6.2CH3.Zr/c2*1-12-10-14-8-5-9-15(16(14)11-12)13-6-3-2-4-7-13;1-3-2;;;/h2*2-11H,1H3;1-2H3;2*1H3;. The molecular weight excluding hydrogens is 536 g/mol. The van der Waals surface area contributed by atoms with Crippen molar-refractivity contribution in [2.24, 2.45) is 0 Å². The summed E-state index contributed by atoms with van der Waals surface area (Å²) in [5, 5.41) is 0. The molecule has 2 atom stereocenters. The van der Waals surface area contributed by atoms with Gasteiger partial charge in [-0.15, -0.1) is 0 Å². The summed E-state index contributed by atoms with van der Waals surface area (Å²) in [5.74, 6) is 0. The number of hydrogen-bond acceptors (Lipinski definition) is 0. The van der Waals surface area contributed by atoms with Crippen LogP contribution in [0.1, 0.15) is 57.2 Å². The van der Waals surface area contributed by atoms with Gasteiger partial charge in [-0.05, 0) is 0 Å². The first kappa shape index (κ1) is 25.4. The van der Waals surface area contributed by atoms with Gasteiger partial charge in [-0.2, -0.15) is 0 Å². The van der Waals surface area contributed by atoms with Gasteiger partial charge in [0.2, 0.25) is 0 Å². The molecule has 0 saturated carbocycles. The molecule has 0 fully saturated rings. The van der Waals surface area contributed by atoms with Crippen LogP contribution in [0.4, 0.5) is 0 Å². The Balaban J connectivity index is 1.58. The van der Waals surface area contributed by atoms with Crippen molar-refractivity contribution < 1.29 is 18.3 Å². The Hall–Kier alpha value is -2.89. The van der Waals surface area contributed by atoms with E-state index < -0.39 is 18.3 Å². The topological polar surface area (TPSA) is 0 Å². The molecule has 2 aliphatic rings. The van der Waals surface area contributed by atoms with E-state index in [1.165, 1.54) is 33.4 Å². The molecule has 6 rings (SSSR count). The summed E-state index contributed by atoms with van der Waals surface area (Å²) >= 11 is -3.80. The Kier molecular flexibility index (Phi) is 6.08. The third-order valence-electron chi connectivity index (χ3n) is 10.1. The van der Waals surface area contributed by atoms with Crippen molar-refractivity contribution in [3.63, 3.8) is 0 Å². The van der Waals surface area contributed by atoms with Gasteiger partial charge in [0.1, 0.15) is 0 Å². The molecule has 0 aliphatic heterocycles. The van der Waals surface area contributed by atoms with E-state index in [4.69, 9.17) is 0 Å². The molecule has 2 aliphatic carbocycles. The van der Waals surface area contributed by atoms with Crippen molar-refractivity contribution in [3.8, 4) is 22.3 Å². The second-order valence-corrected chi connectivity index (χ2v) is 30.7. The van der Waals surface area contributed by atoms with E-state index in [-0.39, 0.29) is 0 Å². The van der Waals surface area contributed by atoms with Crippen LogP contribution in [0.3, 0.4) is 0 Å².